The number of hydrogen-bond acceptors (Lipinski definition) is 5. The zero-order valence-electron chi connectivity index (χ0n) is 16.7. The number of anilines is 1. The Morgan fingerprint density at radius 3 is 2.57 bits per heavy atom. The van der Waals surface area contributed by atoms with E-state index in [1.54, 1.807) is 25.4 Å². The van der Waals surface area contributed by atoms with Gasteiger partial charge in [0.2, 0.25) is 15.9 Å². The van der Waals surface area contributed by atoms with Crippen molar-refractivity contribution in [2.45, 2.75) is 39.2 Å². The summed E-state index contributed by atoms with van der Waals surface area (Å²) in [5.41, 5.74) is 2.91. The highest BCUT2D eigenvalue weighted by molar-refractivity contribution is 7.92. The molecule has 152 valence electrons. The van der Waals surface area contributed by atoms with E-state index >= 15 is 0 Å². The van der Waals surface area contributed by atoms with Crippen molar-refractivity contribution in [3.8, 4) is 5.88 Å². The van der Waals surface area contributed by atoms with Crippen LogP contribution in [0.4, 0.5) is 5.69 Å². The van der Waals surface area contributed by atoms with Gasteiger partial charge in [0, 0.05) is 23.5 Å². The number of hydrogen-bond donors (Lipinski definition) is 2. The number of nitrogens with zero attached hydrogens (tertiary/aromatic N) is 1. The van der Waals surface area contributed by atoms with E-state index in [1.807, 2.05) is 31.2 Å². The molecule has 2 rings (SSSR count). The molecule has 0 bridgehead atoms. The van der Waals surface area contributed by atoms with Crippen LogP contribution in [0.3, 0.4) is 0 Å². The minimum absolute atomic E-state index is 0.00402. The van der Waals surface area contributed by atoms with Crippen molar-refractivity contribution in [2.75, 3.05) is 17.6 Å². The van der Waals surface area contributed by atoms with Crippen LogP contribution < -0.4 is 14.8 Å². The van der Waals surface area contributed by atoms with Crippen molar-refractivity contribution in [1.29, 1.82) is 0 Å². The molecular weight excluding hydrogens is 374 g/mol. The third-order valence-electron chi connectivity index (χ3n) is 4.41. The number of ether oxygens (including phenoxy) is 1. The predicted molar refractivity (Wildman–Crippen MR) is 115 cm³/mol. The number of nitrogens with one attached hydrogen (secondary N) is 2. The normalized spacial score (nSPS) is 12.2. The van der Waals surface area contributed by atoms with Gasteiger partial charge in [-0.05, 0) is 24.5 Å². The highest BCUT2D eigenvalue weighted by atomic mass is 32.2. The fourth-order valence-electron chi connectivity index (χ4n) is 2.82. The molecule has 1 heterocycles. The van der Waals surface area contributed by atoms with E-state index in [9.17, 15) is 8.42 Å². The van der Waals surface area contributed by atoms with Gasteiger partial charge in [-0.2, -0.15) is 0 Å². The molecule has 0 spiro atoms. The monoisotopic (exact) mass is 403 g/mol. The van der Waals surface area contributed by atoms with E-state index in [0.29, 0.717) is 23.7 Å². The van der Waals surface area contributed by atoms with E-state index in [4.69, 9.17) is 4.74 Å². The second kappa shape index (κ2) is 10.1. The summed E-state index contributed by atoms with van der Waals surface area (Å²) in [6.45, 7) is 8.16. The van der Waals surface area contributed by atoms with E-state index in [2.05, 4.69) is 28.5 Å². The van der Waals surface area contributed by atoms with Crippen LogP contribution in [0.1, 0.15) is 50.3 Å². The number of sulfonamides is 1. The summed E-state index contributed by atoms with van der Waals surface area (Å²) in [5.74, 6) is 0.664. The smallest absolute Gasteiger partial charge is 0.232 e. The lowest BCUT2D eigenvalue weighted by Gasteiger charge is -2.22. The quantitative estimate of drug-likeness (QED) is 0.583. The minimum Gasteiger partial charge on any atom is -0.481 e. The number of methoxy groups -OCH3 is 1. The Balaban J connectivity index is 2.18. The molecule has 0 fully saturated rings. The SMILES string of the molecule is C=C(N[C@H](CC)c1ccc(OC)nc1)c1ccccc1NS(=O)(=O)CCCC. The molecule has 2 aromatic rings. The van der Waals surface area contributed by atoms with Crippen LogP contribution in [-0.4, -0.2) is 26.3 Å². The Morgan fingerprint density at radius 2 is 1.96 bits per heavy atom. The molecule has 1 aromatic heterocycles. The van der Waals surface area contributed by atoms with Gasteiger partial charge in [-0.25, -0.2) is 13.4 Å². The van der Waals surface area contributed by atoms with Crippen LogP contribution in [0.2, 0.25) is 0 Å². The zero-order chi connectivity index (χ0) is 20.6. The van der Waals surface area contributed by atoms with E-state index in [0.717, 1.165) is 24.0 Å². The van der Waals surface area contributed by atoms with Crippen molar-refractivity contribution in [3.63, 3.8) is 0 Å². The van der Waals surface area contributed by atoms with Gasteiger partial charge in [-0.3, -0.25) is 4.72 Å². The molecule has 6 nitrogen and oxygen atoms in total. The summed E-state index contributed by atoms with van der Waals surface area (Å²) in [6, 6.07) is 11.0. The van der Waals surface area contributed by atoms with Crippen LogP contribution >= 0.6 is 0 Å². The first-order valence-electron chi connectivity index (χ1n) is 9.45. The molecule has 0 aliphatic rings. The summed E-state index contributed by atoms with van der Waals surface area (Å²) in [6.07, 6.45) is 4.04. The van der Waals surface area contributed by atoms with E-state index in [1.165, 1.54) is 0 Å². The van der Waals surface area contributed by atoms with Crippen LogP contribution in [0.5, 0.6) is 5.88 Å². The summed E-state index contributed by atoms with van der Waals surface area (Å²) in [7, 11) is -1.81. The third kappa shape index (κ3) is 5.99. The molecule has 0 amide bonds. The van der Waals surface area contributed by atoms with Crippen LogP contribution in [0.25, 0.3) is 5.70 Å². The number of para-hydroxylation sites is 1. The first-order chi connectivity index (χ1) is 13.4. The van der Waals surface area contributed by atoms with Crippen molar-refractivity contribution < 1.29 is 13.2 Å². The van der Waals surface area contributed by atoms with E-state index in [-0.39, 0.29) is 11.8 Å². The fourth-order valence-corrected chi connectivity index (χ4v) is 4.10. The summed E-state index contributed by atoms with van der Waals surface area (Å²) >= 11 is 0. The Labute approximate surface area is 168 Å². The van der Waals surface area contributed by atoms with Gasteiger partial charge in [0.15, 0.2) is 0 Å². The molecule has 0 aliphatic heterocycles. The number of benzene rings is 1. The first-order valence-corrected chi connectivity index (χ1v) is 11.1. The first kappa shape index (κ1) is 21.8. The minimum atomic E-state index is -3.39. The van der Waals surface area contributed by atoms with Gasteiger partial charge >= 0.3 is 0 Å². The van der Waals surface area contributed by atoms with Crippen molar-refractivity contribution in [2.24, 2.45) is 0 Å². The second-order valence-electron chi connectivity index (χ2n) is 6.54. The maximum absolute atomic E-state index is 12.3. The lowest BCUT2D eigenvalue weighted by Crippen LogP contribution is -2.21. The van der Waals surface area contributed by atoms with Crippen LogP contribution in [-0.2, 0) is 10.0 Å². The van der Waals surface area contributed by atoms with Crippen LogP contribution in [0, 0.1) is 0 Å². The van der Waals surface area contributed by atoms with Crippen molar-refractivity contribution in [1.82, 2.24) is 10.3 Å². The van der Waals surface area contributed by atoms with Crippen molar-refractivity contribution in [3.05, 3.63) is 60.3 Å². The van der Waals surface area contributed by atoms with Gasteiger partial charge in [0.05, 0.1) is 24.6 Å². The molecule has 1 aromatic carbocycles. The lowest BCUT2D eigenvalue weighted by atomic mass is 10.0. The molecule has 28 heavy (non-hydrogen) atoms. The highest BCUT2D eigenvalue weighted by Gasteiger charge is 2.16. The molecule has 0 aliphatic carbocycles. The average molecular weight is 404 g/mol. The molecule has 0 saturated carbocycles. The summed E-state index contributed by atoms with van der Waals surface area (Å²) in [5, 5.41) is 3.40. The Morgan fingerprint density at radius 1 is 1.21 bits per heavy atom. The van der Waals surface area contributed by atoms with Gasteiger partial charge in [-0.15, -0.1) is 0 Å². The Kier molecular flexibility index (Phi) is 7.87. The number of rotatable bonds is 11. The van der Waals surface area contributed by atoms with E-state index < -0.39 is 10.0 Å². The van der Waals surface area contributed by atoms with Gasteiger partial charge < -0.3 is 10.1 Å². The maximum Gasteiger partial charge on any atom is 0.232 e. The topological polar surface area (TPSA) is 80.3 Å². The Bertz CT molecular complexity index is 880. The van der Waals surface area contributed by atoms with Gasteiger partial charge in [0.25, 0.3) is 0 Å². The molecule has 0 saturated heterocycles. The summed E-state index contributed by atoms with van der Waals surface area (Å²) < 4.78 is 32.4. The maximum atomic E-state index is 12.3. The standard InChI is InChI=1S/C21H29N3O3S/c1-5-7-14-28(25,26)24-20-11-9-8-10-18(20)16(3)23-19(6-2)17-12-13-21(27-4)22-15-17/h8-13,15,19,23-24H,3,5-7,14H2,1-2,4H3/t19-/m1/s1. The average Bonchev–Trinajstić information content (AvgIpc) is 2.70. The molecule has 2 N–H and O–H groups in total. The second-order valence-corrected chi connectivity index (χ2v) is 8.38. The molecule has 1 atom stereocenters. The number of pyridine rings is 1. The van der Waals surface area contributed by atoms with Gasteiger partial charge in [0.1, 0.15) is 0 Å². The zero-order valence-corrected chi connectivity index (χ0v) is 17.6. The highest BCUT2D eigenvalue weighted by Crippen LogP contribution is 2.26. The lowest BCUT2D eigenvalue weighted by molar-refractivity contribution is 0.397. The molecule has 7 heteroatoms. The third-order valence-corrected chi connectivity index (χ3v) is 5.77. The molecule has 0 unspecified atom stereocenters. The molecule has 0 radical (unpaired) electrons. The molecular formula is C21H29N3O3S. The van der Waals surface area contributed by atoms with Crippen molar-refractivity contribution >= 4 is 21.4 Å². The largest absolute Gasteiger partial charge is 0.481 e. The Hall–Kier alpha value is -2.54. The number of unbranched alkanes of at least 4 members (excludes halogenated alkanes) is 1. The predicted octanol–water partition coefficient (Wildman–Crippen LogP) is 4.34. The number of aromatic nitrogens is 1. The van der Waals surface area contributed by atoms with Gasteiger partial charge in [-0.1, -0.05) is 51.1 Å². The van der Waals surface area contributed by atoms with Crippen LogP contribution in [0.15, 0.2) is 49.2 Å². The fraction of sp³-hybridized carbons (Fsp3) is 0.381. The summed E-state index contributed by atoms with van der Waals surface area (Å²) in [4.78, 5) is 4.26.